The van der Waals surface area contributed by atoms with Crippen LogP contribution in [0.15, 0.2) is 9.72 Å². The van der Waals surface area contributed by atoms with E-state index in [2.05, 4.69) is 15.6 Å². The summed E-state index contributed by atoms with van der Waals surface area (Å²) in [7, 11) is 0. The third-order valence-electron chi connectivity index (χ3n) is 2.39. The van der Waals surface area contributed by atoms with Crippen molar-refractivity contribution in [3.63, 3.8) is 0 Å². The molecule has 1 atom stereocenters. The molecule has 0 spiro atoms. The molecule has 98 valence electrons. The third-order valence-corrected chi connectivity index (χ3v) is 4.58. The summed E-state index contributed by atoms with van der Waals surface area (Å²) >= 11 is 2.87. The van der Waals surface area contributed by atoms with Crippen LogP contribution in [-0.2, 0) is 4.79 Å². The van der Waals surface area contributed by atoms with Crippen LogP contribution in [-0.4, -0.2) is 28.2 Å². The van der Waals surface area contributed by atoms with Gasteiger partial charge in [0.05, 0.1) is 5.25 Å². The summed E-state index contributed by atoms with van der Waals surface area (Å²) in [5.74, 6) is -0.286. The minimum atomic E-state index is -0.398. The average Bonchev–Trinajstić information content (AvgIpc) is 3.00. The predicted molar refractivity (Wildman–Crippen MR) is 71.9 cm³/mol. The van der Waals surface area contributed by atoms with Crippen LogP contribution in [0.4, 0.5) is 4.79 Å². The molecular formula is C11H15N3O2S2. The number of imide groups is 1. The highest BCUT2D eigenvalue weighted by molar-refractivity contribution is 8.02. The van der Waals surface area contributed by atoms with Gasteiger partial charge in [0.25, 0.3) is 0 Å². The lowest BCUT2D eigenvalue weighted by Crippen LogP contribution is -2.43. The van der Waals surface area contributed by atoms with E-state index < -0.39 is 6.03 Å². The molecule has 0 saturated heterocycles. The Bertz CT molecular complexity index is 457. The number of carbonyl (C=O) groups is 2. The Morgan fingerprint density at radius 1 is 1.56 bits per heavy atom. The Labute approximate surface area is 114 Å². The van der Waals surface area contributed by atoms with Gasteiger partial charge < -0.3 is 5.32 Å². The minimum absolute atomic E-state index is 0.252. The Morgan fingerprint density at radius 2 is 2.28 bits per heavy atom. The fourth-order valence-electron chi connectivity index (χ4n) is 1.25. The number of hydrogen-bond acceptors (Lipinski definition) is 5. The number of hydrogen-bond donors (Lipinski definition) is 2. The molecule has 1 unspecified atom stereocenters. The van der Waals surface area contributed by atoms with Crippen molar-refractivity contribution in [2.45, 2.75) is 42.3 Å². The van der Waals surface area contributed by atoms with Gasteiger partial charge in [-0.15, -0.1) is 11.3 Å². The lowest BCUT2D eigenvalue weighted by molar-refractivity contribution is -0.119. The summed E-state index contributed by atoms with van der Waals surface area (Å²) in [5, 5.41) is 6.66. The third kappa shape index (κ3) is 3.99. The van der Waals surface area contributed by atoms with Gasteiger partial charge in [-0.1, -0.05) is 11.8 Å². The van der Waals surface area contributed by atoms with E-state index in [-0.39, 0.29) is 17.2 Å². The van der Waals surface area contributed by atoms with Crippen molar-refractivity contribution in [3.8, 4) is 0 Å². The number of aromatic nitrogens is 1. The molecule has 1 heterocycles. The van der Waals surface area contributed by atoms with Crippen molar-refractivity contribution >= 4 is 35.0 Å². The molecule has 1 aromatic rings. The van der Waals surface area contributed by atoms with Gasteiger partial charge in [-0.2, -0.15) is 0 Å². The first-order valence-electron chi connectivity index (χ1n) is 5.74. The normalized spacial score (nSPS) is 16.1. The molecule has 0 aromatic carbocycles. The van der Waals surface area contributed by atoms with Gasteiger partial charge in [0, 0.05) is 17.1 Å². The van der Waals surface area contributed by atoms with Gasteiger partial charge in [-0.05, 0) is 26.7 Å². The first kappa shape index (κ1) is 13.4. The predicted octanol–water partition coefficient (Wildman–Crippen LogP) is 1.92. The highest BCUT2D eigenvalue weighted by atomic mass is 32.2. The average molecular weight is 285 g/mol. The molecule has 0 aliphatic heterocycles. The molecule has 3 amide bonds. The van der Waals surface area contributed by atoms with E-state index in [1.165, 1.54) is 23.1 Å². The van der Waals surface area contributed by atoms with Crippen LogP contribution in [0.5, 0.6) is 0 Å². The molecule has 1 aromatic heterocycles. The maximum atomic E-state index is 11.8. The van der Waals surface area contributed by atoms with Crippen LogP contribution >= 0.6 is 23.1 Å². The van der Waals surface area contributed by atoms with E-state index in [9.17, 15) is 9.59 Å². The molecule has 2 N–H and O–H groups in total. The Kier molecular flexibility index (Phi) is 4.23. The summed E-state index contributed by atoms with van der Waals surface area (Å²) in [4.78, 5) is 27.4. The van der Waals surface area contributed by atoms with Gasteiger partial charge in [0.15, 0.2) is 4.34 Å². The zero-order valence-electron chi connectivity index (χ0n) is 10.2. The van der Waals surface area contributed by atoms with Gasteiger partial charge in [-0.25, -0.2) is 9.78 Å². The fraction of sp³-hybridized carbons (Fsp3) is 0.545. The van der Waals surface area contributed by atoms with Crippen molar-refractivity contribution < 1.29 is 9.59 Å². The van der Waals surface area contributed by atoms with Crippen molar-refractivity contribution in [1.29, 1.82) is 0 Å². The first-order chi connectivity index (χ1) is 8.54. The molecule has 1 aliphatic rings. The van der Waals surface area contributed by atoms with Gasteiger partial charge in [-0.3, -0.25) is 10.1 Å². The van der Waals surface area contributed by atoms with Crippen LogP contribution in [0.2, 0.25) is 0 Å². The van der Waals surface area contributed by atoms with Crippen LogP contribution in [0.1, 0.15) is 25.5 Å². The summed E-state index contributed by atoms with van der Waals surface area (Å²) in [6.07, 6.45) is 2.01. The van der Waals surface area contributed by atoms with E-state index in [4.69, 9.17) is 0 Å². The summed E-state index contributed by atoms with van der Waals surface area (Å²) in [5.41, 5.74) is 0.946. The fourth-order valence-corrected chi connectivity index (χ4v) is 3.24. The molecule has 18 heavy (non-hydrogen) atoms. The Hall–Kier alpha value is -1.08. The lowest BCUT2D eigenvalue weighted by atomic mass is 10.4. The highest BCUT2D eigenvalue weighted by Crippen LogP contribution is 2.26. The van der Waals surface area contributed by atoms with E-state index in [1.807, 2.05) is 12.3 Å². The van der Waals surface area contributed by atoms with Gasteiger partial charge >= 0.3 is 6.03 Å². The van der Waals surface area contributed by atoms with Crippen LogP contribution in [0.3, 0.4) is 0 Å². The van der Waals surface area contributed by atoms with Gasteiger partial charge in [0.1, 0.15) is 0 Å². The van der Waals surface area contributed by atoms with E-state index in [0.29, 0.717) is 0 Å². The molecule has 2 rings (SSSR count). The monoisotopic (exact) mass is 285 g/mol. The summed E-state index contributed by atoms with van der Waals surface area (Å²) in [6, 6.07) is -0.146. The number of thiazole rings is 1. The topological polar surface area (TPSA) is 71.1 Å². The molecule has 0 radical (unpaired) electrons. The molecule has 1 saturated carbocycles. The van der Waals surface area contributed by atoms with Crippen molar-refractivity contribution in [1.82, 2.24) is 15.6 Å². The molecule has 5 nitrogen and oxygen atoms in total. The smallest absolute Gasteiger partial charge is 0.321 e. The molecule has 1 fully saturated rings. The van der Waals surface area contributed by atoms with E-state index in [0.717, 1.165) is 22.9 Å². The summed E-state index contributed by atoms with van der Waals surface area (Å²) in [6.45, 7) is 3.68. The quantitative estimate of drug-likeness (QED) is 0.829. The second-order valence-corrected chi connectivity index (χ2v) is 6.70. The molecule has 1 aliphatic carbocycles. The zero-order chi connectivity index (χ0) is 13.1. The van der Waals surface area contributed by atoms with Crippen molar-refractivity contribution in [3.05, 3.63) is 11.1 Å². The first-order valence-corrected chi connectivity index (χ1v) is 7.50. The largest absolute Gasteiger partial charge is 0.335 e. The maximum absolute atomic E-state index is 11.8. The SMILES string of the molecule is Cc1csc(SC(C)C(=O)NC(=O)NC2CC2)n1. The standard InChI is InChI=1S/C11H15N3O2S2/c1-6-5-17-11(12-6)18-7(2)9(15)14-10(16)13-8-3-4-8/h5,7-8H,3-4H2,1-2H3,(H2,13,14,15,16). The number of amides is 3. The zero-order valence-corrected chi connectivity index (χ0v) is 11.9. The second-order valence-electron chi connectivity index (χ2n) is 4.25. The van der Waals surface area contributed by atoms with E-state index >= 15 is 0 Å². The second kappa shape index (κ2) is 5.71. The molecule has 7 heteroatoms. The Morgan fingerprint density at radius 3 is 2.83 bits per heavy atom. The lowest BCUT2D eigenvalue weighted by Gasteiger charge is -2.09. The van der Waals surface area contributed by atoms with E-state index in [1.54, 1.807) is 6.92 Å². The Balaban J connectivity index is 1.78. The number of aryl methyl sites for hydroxylation is 1. The number of urea groups is 1. The van der Waals surface area contributed by atoms with Gasteiger partial charge in [0.2, 0.25) is 5.91 Å². The molecular weight excluding hydrogens is 270 g/mol. The highest BCUT2D eigenvalue weighted by Gasteiger charge is 2.25. The molecule has 0 bridgehead atoms. The van der Waals surface area contributed by atoms with Crippen molar-refractivity contribution in [2.24, 2.45) is 0 Å². The van der Waals surface area contributed by atoms with Crippen molar-refractivity contribution in [2.75, 3.05) is 0 Å². The summed E-state index contributed by atoms with van der Waals surface area (Å²) < 4.78 is 0.845. The van der Waals surface area contributed by atoms with Crippen LogP contribution in [0, 0.1) is 6.92 Å². The number of rotatable bonds is 4. The van der Waals surface area contributed by atoms with Crippen LogP contribution in [0.25, 0.3) is 0 Å². The maximum Gasteiger partial charge on any atom is 0.321 e. The minimum Gasteiger partial charge on any atom is -0.335 e. The number of thioether (sulfide) groups is 1. The van der Waals surface area contributed by atoms with Crippen LogP contribution < -0.4 is 10.6 Å². The number of carbonyl (C=O) groups excluding carboxylic acids is 2. The number of nitrogens with one attached hydrogen (secondary N) is 2. The number of nitrogens with zero attached hydrogens (tertiary/aromatic N) is 1.